The third-order valence-corrected chi connectivity index (χ3v) is 21.3. The van der Waals surface area contributed by atoms with E-state index in [1.54, 1.807) is 0 Å². The minimum atomic E-state index is -4.96. The molecule has 2 unspecified atom stereocenters. The van der Waals surface area contributed by atoms with Crippen LogP contribution in [0.2, 0.25) is 0 Å². The van der Waals surface area contributed by atoms with E-state index in [1.807, 2.05) is 0 Å². The Morgan fingerprint density at radius 2 is 0.451 bits per heavy atom. The lowest BCUT2D eigenvalue weighted by Gasteiger charge is -2.21. The van der Waals surface area contributed by atoms with Crippen LogP contribution in [0, 0.1) is 17.8 Å². The maximum atomic E-state index is 13.1. The maximum Gasteiger partial charge on any atom is 0.472 e. The third-order valence-electron chi connectivity index (χ3n) is 19.4. The zero-order valence-corrected chi connectivity index (χ0v) is 68.9. The second-order valence-electron chi connectivity index (χ2n) is 31.3. The van der Waals surface area contributed by atoms with E-state index in [-0.39, 0.29) is 25.7 Å². The van der Waals surface area contributed by atoms with E-state index in [1.165, 1.54) is 244 Å². The molecule has 0 aliphatic rings. The van der Waals surface area contributed by atoms with Crippen molar-refractivity contribution in [3.05, 3.63) is 0 Å². The van der Waals surface area contributed by atoms with Gasteiger partial charge in [0.15, 0.2) is 12.2 Å². The van der Waals surface area contributed by atoms with Crippen LogP contribution in [0.15, 0.2) is 0 Å². The Kier molecular flexibility index (Phi) is 71.8. The lowest BCUT2D eigenvalue weighted by Crippen LogP contribution is -2.30. The number of carbonyl (C=O) groups is 4. The normalized spacial score (nSPS) is 13.9. The zero-order valence-electron chi connectivity index (χ0n) is 67.1. The number of hydrogen-bond acceptors (Lipinski definition) is 15. The van der Waals surface area contributed by atoms with Crippen LogP contribution in [0.5, 0.6) is 0 Å². The van der Waals surface area contributed by atoms with Crippen LogP contribution in [-0.4, -0.2) is 96.7 Å². The molecule has 0 aromatic carbocycles. The molecule has 0 bridgehead atoms. The molecule has 0 aliphatic heterocycles. The van der Waals surface area contributed by atoms with E-state index in [9.17, 15) is 43.2 Å². The highest BCUT2D eigenvalue weighted by molar-refractivity contribution is 7.47. The van der Waals surface area contributed by atoms with Crippen molar-refractivity contribution in [3.63, 3.8) is 0 Å². The molecule has 0 saturated heterocycles. The van der Waals surface area contributed by atoms with Gasteiger partial charge in [-0.25, -0.2) is 9.13 Å². The van der Waals surface area contributed by atoms with Gasteiger partial charge in [-0.05, 0) is 43.4 Å². The van der Waals surface area contributed by atoms with Gasteiger partial charge in [-0.3, -0.25) is 37.3 Å². The maximum absolute atomic E-state index is 13.1. The first-order chi connectivity index (χ1) is 49.2. The van der Waals surface area contributed by atoms with Crippen molar-refractivity contribution < 1.29 is 80.2 Å². The number of aliphatic hydroxyl groups is 1. The van der Waals surface area contributed by atoms with E-state index in [4.69, 9.17) is 37.0 Å². The number of unbranched alkanes of at least 4 members (excludes halogenated alkanes) is 49. The van der Waals surface area contributed by atoms with Crippen LogP contribution in [0.1, 0.15) is 434 Å². The number of aliphatic hydroxyl groups excluding tert-OH is 1. The van der Waals surface area contributed by atoms with Gasteiger partial charge in [0.2, 0.25) is 0 Å². The summed E-state index contributed by atoms with van der Waals surface area (Å²) in [5.74, 6) is 0.158. The quantitative estimate of drug-likeness (QED) is 0.0222. The Labute approximate surface area is 626 Å². The number of ether oxygens (including phenoxy) is 4. The number of phosphoric ester groups is 2. The molecule has 0 aliphatic carbocycles. The molecule has 17 nitrogen and oxygen atoms in total. The van der Waals surface area contributed by atoms with E-state index in [2.05, 4.69) is 48.5 Å². The van der Waals surface area contributed by atoms with Crippen molar-refractivity contribution in [2.24, 2.45) is 17.8 Å². The van der Waals surface area contributed by atoms with Gasteiger partial charge >= 0.3 is 39.5 Å². The summed E-state index contributed by atoms with van der Waals surface area (Å²) in [6.45, 7) is 11.9. The summed E-state index contributed by atoms with van der Waals surface area (Å²) in [6.07, 6.45) is 62.6. The minimum Gasteiger partial charge on any atom is -0.462 e. The monoisotopic (exact) mass is 1490 g/mol. The van der Waals surface area contributed by atoms with Crippen LogP contribution in [0.3, 0.4) is 0 Å². The summed E-state index contributed by atoms with van der Waals surface area (Å²) in [5.41, 5.74) is 0. The van der Waals surface area contributed by atoms with E-state index in [0.717, 1.165) is 108 Å². The highest BCUT2D eigenvalue weighted by Crippen LogP contribution is 2.45. The van der Waals surface area contributed by atoms with Crippen molar-refractivity contribution in [1.29, 1.82) is 0 Å². The molecule has 3 N–H and O–H groups in total. The molecule has 606 valence electrons. The average molecular weight is 1490 g/mol. The van der Waals surface area contributed by atoms with E-state index < -0.39 is 97.5 Å². The van der Waals surface area contributed by atoms with Crippen molar-refractivity contribution in [2.75, 3.05) is 39.6 Å². The second-order valence-corrected chi connectivity index (χ2v) is 34.2. The van der Waals surface area contributed by atoms with E-state index in [0.29, 0.717) is 25.7 Å². The minimum absolute atomic E-state index is 0.105. The second kappa shape index (κ2) is 73.2. The fraction of sp³-hybridized carbons (Fsp3) is 0.952. The molecule has 0 fully saturated rings. The summed E-state index contributed by atoms with van der Waals surface area (Å²) in [4.78, 5) is 73.1. The Bertz CT molecular complexity index is 1970. The predicted molar refractivity (Wildman–Crippen MR) is 418 cm³/mol. The van der Waals surface area contributed by atoms with Crippen LogP contribution < -0.4 is 0 Å². The summed E-state index contributed by atoms with van der Waals surface area (Å²) in [5, 5.41) is 10.7. The van der Waals surface area contributed by atoms with Crippen LogP contribution >= 0.6 is 15.6 Å². The SMILES string of the molecule is CCCCCCCCCCCCCCCCCCCCCCCCC(=O)O[C@H](COC(=O)CCCCCCCCCCCCCCCC(C)C)COP(=O)(O)OC[C@@H](O)COP(=O)(O)OC[C@@H](COC(=O)CCCCCCCCCCC(C)C)OC(=O)CCCCCCCCCCCCC(C)C. The average Bonchev–Trinajstić information content (AvgIpc) is 0.909. The topological polar surface area (TPSA) is 237 Å². The van der Waals surface area contributed by atoms with Gasteiger partial charge in [0.05, 0.1) is 26.4 Å². The van der Waals surface area contributed by atoms with Crippen LogP contribution in [0.4, 0.5) is 0 Å². The first kappa shape index (κ1) is 100. The summed E-state index contributed by atoms with van der Waals surface area (Å²) >= 11 is 0. The molecule has 0 saturated carbocycles. The van der Waals surface area contributed by atoms with Crippen molar-refractivity contribution >= 4 is 39.5 Å². The highest BCUT2D eigenvalue weighted by Gasteiger charge is 2.30. The van der Waals surface area contributed by atoms with Gasteiger partial charge in [-0.15, -0.1) is 0 Å². The van der Waals surface area contributed by atoms with Gasteiger partial charge in [-0.1, -0.05) is 382 Å². The smallest absolute Gasteiger partial charge is 0.462 e. The molecule has 19 heteroatoms. The summed E-state index contributed by atoms with van der Waals surface area (Å²) < 4.78 is 68.8. The van der Waals surface area contributed by atoms with Crippen LogP contribution in [-0.2, 0) is 65.4 Å². The van der Waals surface area contributed by atoms with Crippen molar-refractivity contribution in [1.82, 2.24) is 0 Å². The van der Waals surface area contributed by atoms with Gasteiger partial charge in [0.25, 0.3) is 0 Å². The number of hydrogen-bond donors (Lipinski definition) is 3. The lowest BCUT2D eigenvalue weighted by atomic mass is 10.0. The molecule has 0 spiro atoms. The van der Waals surface area contributed by atoms with Gasteiger partial charge in [0, 0.05) is 25.7 Å². The van der Waals surface area contributed by atoms with Crippen molar-refractivity contribution in [2.45, 2.75) is 452 Å². The fourth-order valence-electron chi connectivity index (χ4n) is 12.8. The molecule has 0 radical (unpaired) electrons. The fourth-order valence-corrected chi connectivity index (χ4v) is 14.4. The molecule has 0 rings (SSSR count). The number of esters is 4. The Morgan fingerprint density at radius 3 is 0.667 bits per heavy atom. The van der Waals surface area contributed by atoms with Gasteiger partial charge in [-0.2, -0.15) is 0 Å². The van der Waals surface area contributed by atoms with Crippen molar-refractivity contribution in [3.8, 4) is 0 Å². The van der Waals surface area contributed by atoms with Gasteiger partial charge in [0.1, 0.15) is 19.3 Å². The Morgan fingerprint density at radius 1 is 0.265 bits per heavy atom. The van der Waals surface area contributed by atoms with Crippen LogP contribution in [0.25, 0.3) is 0 Å². The molecule has 0 aromatic rings. The third kappa shape index (κ3) is 76.3. The first-order valence-corrected chi connectivity index (χ1v) is 45.8. The highest BCUT2D eigenvalue weighted by atomic mass is 31.2. The molecule has 0 aromatic heterocycles. The lowest BCUT2D eigenvalue weighted by molar-refractivity contribution is -0.161. The molecular formula is C83H162O17P2. The largest absolute Gasteiger partial charge is 0.472 e. The van der Waals surface area contributed by atoms with Gasteiger partial charge < -0.3 is 33.8 Å². The number of carbonyl (C=O) groups excluding carboxylic acids is 4. The summed E-state index contributed by atoms with van der Waals surface area (Å²) in [7, 11) is -9.92. The Hall–Kier alpha value is -1.94. The predicted octanol–water partition coefficient (Wildman–Crippen LogP) is 24.9. The zero-order chi connectivity index (χ0) is 75.1. The van der Waals surface area contributed by atoms with E-state index >= 15 is 0 Å². The molecule has 0 amide bonds. The first-order valence-electron chi connectivity index (χ1n) is 42.8. The summed E-state index contributed by atoms with van der Waals surface area (Å²) in [6, 6.07) is 0. The molecule has 5 atom stereocenters. The molecular weight excluding hydrogens is 1330 g/mol. The molecule has 102 heavy (non-hydrogen) atoms. The number of phosphoric acid groups is 2. The standard InChI is InChI=1S/C83H162O17P2/c1-8-9-10-11-12-13-14-15-16-17-18-19-20-21-22-23-26-30-36-45-52-59-66-82(87)99-78(70-93-80(85)64-57-50-43-35-29-27-24-25-28-33-40-47-54-61-74(2)3)72-97-101(89,90)95-68-77(84)69-96-102(91,92)98-73-79(71-94-81(86)65-58-51-44-39-38-42-49-56-63-76(6)7)100-83(88)67-60-53-46-37-32-31-34-41-48-55-62-75(4)5/h74-79,84H,8-73H2,1-7H3,(H,89,90)(H,91,92)/t77-,78-,79-/m1/s1. The molecule has 0 heterocycles. The number of rotatable bonds is 81. The Balaban J connectivity index is 5.22.